The van der Waals surface area contributed by atoms with E-state index in [0.717, 1.165) is 17.7 Å². The quantitative estimate of drug-likeness (QED) is 0.653. The largest absolute Gasteiger partial charge is 0.394 e. The molecule has 0 saturated carbocycles. The summed E-state index contributed by atoms with van der Waals surface area (Å²) in [5.74, 6) is -0.240. The van der Waals surface area contributed by atoms with Crippen LogP contribution in [0.1, 0.15) is 17.2 Å². The van der Waals surface area contributed by atoms with E-state index in [4.69, 9.17) is 5.11 Å². The molecule has 2 nitrogen and oxygen atoms in total. The molecule has 0 bridgehead atoms. The summed E-state index contributed by atoms with van der Waals surface area (Å²) < 4.78 is 12.8. The Hall–Kier alpha value is -0.930. The first-order valence-corrected chi connectivity index (χ1v) is 3.94. The van der Waals surface area contributed by atoms with Crippen LogP contribution in [0.2, 0.25) is 0 Å². The third-order valence-corrected chi connectivity index (χ3v) is 2.20. The molecule has 0 spiro atoms. The minimum Gasteiger partial charge on any atom is -0.394 e. The Balaban J connectivity index is 2.42. The van der Waals surface area contributed by atoms with Gasteiger partial charge in [-0.25, -0.2) is 4.39 Å². The van der Waals surface area contributed by atoms with Gasteiger partial charge in [-0.3, -0.25) is 0 Å². The highest BCUT2D eigenvalue weighted by Crippen LogP contribution is 2.25. The maximum Gasteiger partial charge on any atom is 0.123 e. The first-order chi connectivity index (χ1) is 5.81. The zero-order chi connectivity index (χ0) is 8.55. The smallest absolute Gasteiger partial charge is 0.123 e. The Labute approximate surface area is 70.0 Å². The van der Waals surface area contributed by atoms with Gasteiger partial charge >= 0.3 is 0 Å². The number of hydrogen-bond donors (Lipinski definition) is 2. The summed E-state index contributed by atoms with van der Waals surface area (Å²) in [4.78, 5) is 0. The van der Waals surface area contributed by atoms with Gasteiger partial charge in [-0.2, -0.15) is 0 Å². The Morgan fingerprint density at radius 3 is 3.17 bits per heavy atom. The molecule has 0 saturated heterocycles. The van der Waals surface area contributed by atoms with E-state index in [1.165, 1.54) is 12.1 Å². The third kappa shape index (κ3) is 1.11. The number of rotatable bonds is 1. The van der Waals surface area contributed by atoms with Gasteiger partial charge in [0.1, 0.15) is 5.82 Å². The van der Waals surface area contributed by atoms with E-state index < -0.39 is 0 Å². The van der Waals surface area contributed by atoms with E-state index in [1.807, 2.05) is 0 Å². The number of halogens is 1. The minimum absolute atomic E-state index is 0.0243. The molecule has 0 radical (unpaired) electrons. The van der Waals surface area contributed by atoms with Gasteiger partial charge in [0, 0.05) is 6.54 Å². The van der Waals surface area contributed by atoms with Crippen LogP contribution in [-0.4, -0.2) is 11.7 Å². The molecule has 1 aliphatic heterocycles. The average Bonchev–Trinajstić information content (AvgIpc) is 2.46. The Morgan fingerprint density at radius 2 is 2.42 bits per heavy atom. The summed E-state index contributed by atoms with van der Waals surface area (Å²) >= 11 is 0. The molecule has 1 aromatic carbocycles. The third-order valence-electron chi connectivity index (χ3n) is 2.20. The van der Waals surface area contributed by atoms with Crippen molar-refractivity contribution in [3.63, 3.8) is 0 Å². The van der Waals surface area contributed by atoms with Gasteiger partial charge in [-0.05, 0) is 23.3 Å². The number of benzene rings is 1. The van der Waals surface area contributed by atoms with Crippen LogP contribution in [0.4, 0.5) is 4.39 Å². The molecule has 3 heteroatoms. The second kappa shape index (κ2) is 2.84. The SMILES string of the molecule is OC[C@@H]1NCc2ccc(F)cc21. The maximum absolute atomic E-state index is 12.8. The van der Waals surface area contributed by atoms with Crippen LogP contribution in [0.3, 0.4) is 0 Å². The number of fused-ring (bicyclic) bond motifs is 1. The summed E-state index contributed by atoms with van der Waals surface area (Å²) in [7, 11) is 0. The predicted octanol–water partition coefficient (Wildman–Crippen LogP) is 0.962. The van der Waals surface area contributed by atoms with E-state index in [9.17, 15) is 4.39 Å². The molecule has 0 aliphatic carbocycles. The topological polar surface area (TPSA) is 32.3 Å². The van der Waals surface area contributed by atoms with Crippen molar-refractivity contribution in [2.24, 2.45) is 0 Å². The molecule has 1 aromatic rings. The molecule has 64 valence electrons. The Kier molecular flexibility index (Phi) is 1.83. The van der Waals surface area contributed by atoms with E-state index in [0.29, 0.717) is 0 Å². The van der Waals surface area contributed by atoms with Gasteiger partial charge in [-0.15, -0.1) is 0 Å². The molecule has 2 rings (SSSR count). The maximum atomic E-state index is 12.8. The molecule has 0 fully saturated rings. The first kappa shape index (κ1) is 7.71. The average molecular weight is 167 g/mol. The van der Waals surface area contributed by atoms with E-state index in [-0.39, 0.29) is 18.5 Å². The number of aliphatic hydroxyl groups excluding tert-OH is 1. The minimum atomic E-state index is -0.240. The van der Waals surface area contributed by atoms with Crippen molar-refractivity contribution < 1.29 is 9.50 Å². The van der Waals surface area contributed by atoms with Crippen molar-refractivity contribution in [1.29, 1.82) is 0 Å². The Bertz CT molecular complexity index is 301. The van der Waals surface area contributed by atoms with Crippen molar-refractivity contribution in [3.8, 4) is 0 Å². The summed E-state index contributed by atoms with van der Waals surface area (Å²) in [6.45, 7) is 0.747. The molecule has 1 aliphatic rings. The summed E-state index contributed by atoms with van der Waals surface area (Å²) in [6.07, 6.45) is 0. The van der Waals surface area contributed by atoms with Gasteiger partial charge < -0.3 is 10.4 Å². The van der Waals surface area contributed by atoms with Gasteiger partial charge in [0.25, 0.3) is 0 Å². The van der Waals surface area contributed by atoms with Crippen LogP contribution in [-0.2, 0) is 6.54 Å². The van der Waals surface area contributed by atoms with Crippen LogP contribution in [0.15, 0.2) is 18.2 Å². The van der Waals surface area contributed by atoms with Crippen LogP contribution in [0.25, 0.3) is 0 Å². The summed E-state index contributed by atoms with van der Waals surface area (Å²) in [5.41, 5.74) is 1.97. The number of aliphatic hydroxyl groups is 1. The van der Waals surface area contributed by atoms with E-state index in [2.05, 4.69) is 5.32 Å². The fourth-order valence-electron chi connectivity index (χ4n) is 1.56. The lowest BCUT2D eigenvalue weighted by molar-refractivity contribution is 0.251. The lowest BCUT2D eigenvalue weighted by Gasteiger charge is -2.06. The van der Waals surface area contributed by atoms with Crippen molar-refractivity contribution in [1.82, 2.24) is 5.32 Å². The molecule has 12 heavy (non-hydrogen) atoms. The van der Waals surface area contributed by atoms with Gasteiger partial charge in [0.05, 0.1) is 12.6 Å². The predicted molar refractivity (Wildman–Crippen MR) is 43.1 cm³/mol. The standard InChI is InChI=1S/C9H10FNO/c10-7-2-1-6-4-11-9(5-12)8(6)3-7/h1-3,9,11-12H,4-5H2/t9-/m0/s1. The second-order valence-electron chi connectivity index (χ2n) is 2.96. The number of nitrogens with one attached hydrogen (secondary N) is 1. The second-order valence-corrected chi connectivity index (χ2v) is 2.96. The zero-order valence-electron chi connectivity index (χ0n) is 6.55. The first-order valence-electron chi connectivity index (χ1n) is 3.94. The molecular weight excluding hydrogens is 157 g/mol. The van der Waals surface area contributed by atoms with Gasteiger partial charge in [0.15, 0.2) is 0 Å². The van der Waals surface area contributed by atoms with Crippen LogP contribution >= 0.6 is 0 Å². The molecule has 1 atom stereocenters. The highest BCUT2D eigenvalue weighted by molar-refractivity contribution is 5.34. The van der Waals surface area contributed by atoms with Gasteiger partial charge in [-0.1, -0.05) is 6.07 Å². The van der Waals surface area contributed by atoms with E-state index >= 15 is 0 Å². The normalized spacial score (nSPS) is 21.0. The lowest BCUT2D eigenvalue weighted by Crippen LogP contribution is -2.15. The van der Waals surface area contributed by atoms with Gasteiger partial charge in [0.2, 0.25) is 0 Å². The highest BCUT2D eigenvalue weighted by Gasteiger charge is 2.20. The Morgan fingerprint density at radius 1 is 1.58 bits per heavy atom. The molecular formula is C9H10FNO. The monoisotopic (exact) mass is 167 g/mol. The van der Waals surface area contributed by atoms with Crippen molar-refractivity contribution in [3.05, 3.63) is 35.1 Å². The zero-order valence-corrected chi connectivity index (χ0v) is 6.55. The molecule has 0 amide bonds. The van der Waals surface area contributed by atoms with Crippen molar-refractivity contribution in [2.45, 2.75) is 12.6 Å². The highest BCUT2D eigenvalue weighted by atomic mass is 19.1. The molecule has 0 aromatic heterocycles. The van der Waals surface area contributed by atoms with Crippen molar-refractivity contribution in [2.75, 3.05) is 6.61 Å². The molecule has 0 unspecified atom stereocenters. The fraction of sp³-hybridized carbons (Fsp3) is 0.333. The summed E-state index contributed by atoms with van der Waals surface area (Å²) in [6, 6.07) is 4.60. The molecule has 2 N–H and O–H groups in total. The van der Waals surface area contributed by atoms with Crippen LogP contribution in [0.5, 0.6) is 0 Å². The molecule has 1 heterocycles. The van der Waals surface area contributed by atoms with Crippen LogP contribution < -0.4 is 5.32 Å². The number of hydrogen-bond acceptors (Lipinski definition) is 2. The fourth-order valence-corrected chi connectivity index (χ4v) is 1.56. The lowest BCUT2D eigenvalue weighted by atomic mass is 10.1. The van der Waals surface area contributed by atoms with E-state index in [1.54, 1.807) is 6.07 Å². The van der Waals surface area contributed by atoms with Crippen LogP contribution in [0, 0.1) is 5.82 Å². The van der Waals surface area contributed by atoms with Crippen molar-refractivity contribution >= 4 is 0 Å². The summed E-state index contributed by atoms with van der Waals surface area (Å²) in [5, 5.41) is 12.0.